The van der Waals surface area contributed by atoms with Crippen molar-refractivity contribution in [3.8, 4) is 0 Å². The highest BCUT2D eigenvalue weighted by Gasteiger charge is 2.26. The van der Waals surface area contributed by atoms with E-state index in [0.717, 1.165) is 49.2 Å². The Balaban J connectivity index is 2.18. The van der Waals surface area contributed by atoms with Crippen molar-refractivity contribution >= 4 is 27.7 Å². The molecular weight excluding hydrogens is 308 g/mol. The van der Waals surface area contributed by atoms with Gasteiger partial charge < -0.3 is 15.3 Å². The molecule has 1 aromatic heterocycles. The number of aliphatic hydroxyl groups is 1. The van der Waals surface area contributed by atoms with Gasteiger partial charge in [0.1, 0.15) is 5.82 Å². The summed E-state index contributed by atoms with van der Waals surface area (Å²) in [5.74, 6) is 1.56. The molecule has 1 aliphatic heterocycles. The lowest BCUT2D eigenvalue weighted by Crippen LogP contribution is -2.29. The Morgan fingerprint density at radius 2 is 2.26 bits per heavy atom. The first kappa shape index (κ1) is 14.5. The van der Waals surface area contributed by atoms with Crippen LogP contribution in [0.4, 0.5) is 11.8 Å². The molecule has 0 radical (unpaired) electrons. The third kappa shape index (κ3) is 3.79. The van der Waals surface area contributed by atoms with Gasteiger partial charge in [-0.3, -0.25) is 0 Å². The first-order valence-electron chi connectivity index (χ1n) is 6.75. The molecular formula is C13H21BrN4O. The standard InChI is InChI=1S/C13H21BrN4O/c1-3-15-12-16-9-10(14)11(17-12)18-7-4-5-13(2,19)6-8-18/h9,19H,3-8H2,1-2H3,(H,15,16,17). The van der Waals surface area contributed by atoms with Crippen LogP contribution in [0.1, 0.15) is 33.1 Å². The Hall–Kier alpha value is -0.880. The molecule has 5 nitrogen and oxygen atoms in total. The predicted molar refractivity (Wildman–Crippen MR) is 80.6 cm³/mol. The smallest absolute Gasteiger partial charge is 0.224 e. The zero-order chi connectivity index (χ0) is 13.9. The number of anilines is 2. The topological polar surface area (TPSA) is 61.3 Å². The Kier molecular flexibility index (Phi) is 4.62. The molecule has 0 saturated carbocycles. The lowest BCUT2D eigenvalue weighted by molar-refractivity contribution is 0.0481. The predicted octanol–water partition coefficient (Wildman–Crippen LogP) is 2.41. The lowest BCUT2D eigenvalue weighted by Gasteiger charge is -2.24. The summed E-state index contributed by atoms with van der Waals surface area (Å²) in [6.45, 7) is 6.46. The van der Waals surface area contributed by atoms with Crippen LogP contribution in [0.5, 0.6) is 0 Å². The maximum absolute atomic E-state index is 10.1. The second kappa shape index (κ2) is 6.05. The van der Waals surface area contributed by atoms with Crippen LogP contribution in [0.15, 0.2) is 10.7 Å². The molecule has 0 aliphatic carbocycles. The van der Waals surface area contributed by atoms with Crippen molar-refractivity contribution in [2.24, 2.45) is 0 Å². The van der Waals surface area contributed by atoms with Crippen molar-refractivity contribution in [3.63, 3.8) is 0 Å². The molecule has 1 aliphatic rings. The summed E-state index contributed by atoms with van der Waals surface area (Å²) in [7, 11) is 0. The fraction of sp³-hybridized carbons (Fsp3) is 0.692. The van der Waals surface area contributed by atoms with E-state index in [0.29, 0.717) is 5.95 Å². The van der Waals surface area contributed by atoms with Gasteiger partial charge >= 0.3 is 0 Å². The molecule has 1 saturated heterocycles. The average Bonchev–Trinajstić information content (AvgIpc) is 2.53. The molecule has 6 heteroatoms. The van der Waals surface area contributed by atoms with Crippen LogP contribution in [0, 0.1) is 0 Å². The summed E-state index contributed by atoms with van der Waals surface area (Å²) in [4.78, 5) is 11.0. The third-order valence-corrected chi connectivity index (χ3v) is 3.98. The fourth-order valence-electron chi connectivity index (χ4n) is 2.30. The van der Waals surface area contributed by atoms with E-state index in [1.54, 1.807) is 6.20 Å². The normalized spacial score (nSPS) is 24.1. The minimum atomic E-state index is -0.557. The van der Waals surface area contributed by atoms with Crippen LogP contribution in [0.25, 0.3) is 0 Å². The number of halogens is 1. The maximum Gasteiger partial charge on any atom is 0.224 e. The van der Waals surface area contributed by atoms with E-state index in [9.17, 15) is 5.11 Å². The highest BCUT2D eigenvalue weighted by atomic mass is 79.9. The van der Waals surface area contributed by atoms with Crippen LogP contribution in [0.3, 0.4) is 0 Å². The molecule has 0 aromatic carbocycles. The van der Waals surface area contributed by atoms with Crippen molar-refractivity contribution in [3.05, 3.63) is 10.7 Å². The van der Waals surface area contributed by atoms with Gasteiger partial charge in [-0.25, -0.2) is 4.98 Å². The van der Waals surface area contributed by atoms with Crippen LogP contribution in [-0.2, 0) is 0 Å². The monoisotopic (exact) mass is 328 g/mol. The molecule has 2 N–H and O–H groups in total. The number of nitrogens with one attached hydrogen (secondary N) is 1. The van der Waals surface area contributed by atoms with E-state index < -0.39 is 5.60 Å². The molecule has 0 amide bonds. The zero-order valence-corrected chi connectivity index (χ0v) is 13.1. The number of hydrogen-bond donors (Lipinski definition) is 2. The summed E-state index contributed by atoms with van der Waals surface area (Å²) in [6, 6.07) is 0. The molecule has 1 unspecified atom stereocenters. The van der Waals surface area contributed by atoms with Crippen molar-refractivity contribution in [1.29, 1.82) is 0 Å². The van der Waals surface area contributed by atoms with Gasteiger partial charge in [0, 0.05) is 25.8 Å². The van der Waals surface area contributed by atoms with Crippen LogP contribution in [-0.4, -0.2) is 40.3 Å². The van der Waals surface area contributed by atoms with E-state index in [-0.39, 0.29) is 0 Å². The summed E-state index contributed by atoms with van der Waals surface area (Å²) >= 11 is 3.51. The summed E-state index contributed by atoms with van der Waals surface area (Å²) < 4.78 is 0.899. The maximum atomic E-state index is 10.1. The second-order valence-electron chi connectivity index (χ2n) is 5.23. The number of rotatable bonds is 3. The number of hydrogen-bond acceptors (Lipinski definition) is 5. The van der Waals surface area contributed by atoms with E-state index in [1.165, 1.54) is 0 Å². The Morgan fingerprint density at radius 3 is 3.00 bits per heavy atom. The lowest BCUT2D eigenvalue weighted by atomic mass is 9.98. The molecule has 1 atom stereocenters. The Morgan fingerprint density at radius 1 is 1.47 bits per heavy atom. The fourth-order valence-corrected chi connectivity index (χ4v) is 2.74. The van der Waals surface area contributed by atoms with Gasteiger partial charge in [0.2, 0.25) is 5.95 Å². The average molecular weight is 329 g/mol. The molecule has 0 spiro atoms. The van der Waals surface area contributed by atoms with E-state index in [2.05, 4.69) is 36.1 Å². The minimum absolute atomic E-state index is 0.557. The second-order valence-corrected chi connectivity index (χ2v) is 6.09. The van der Waals surface area contributed by atoms with Gasteiger partial charge in [-0.1, -0.05) is 0 Å². The van der Waals surface area contributed by atoms with Gasteiger partial charge in [-0.05, 0) is 49.0 Å². The van der Waals surface area contributed by atoms with Crippen molar-refractivity contribution < 1.29 is 5.11 Å². The molecule has 0 bridgehead atoms. The minimum Gasteiger partial charge on any atom is -0.390 e. The first-order valence-corrected chi connectivity index (χ1v) is 7.55. The Labute approximate surface area is 122 Å². The molecule has 106 valence electrons. The zero-order valence-electron chi connectivity index (χ0n) is 11.5. The highest BCUT2D eigenvalue weighted by Crippen LogP contribution is 2.29. The molecule has 1 fully saturated rings. The molecule has 1 aromatic rings. The quantitative estimate of drug-likeness (QED) is 0.892. The molecule has 2 rings (SSSR count). The number of nitrogens with zero attached hydrogens (tertiary/aromatic N) is 3. The molecule has 19 heavy (non-hydrogen) atoms. The Bertz CT molecular complexity index is 439. The molecule has 2 heterocycles. The largest absolute Gasteiger partial charge is 0.390 e. The van der Waals surface area contributed by atoms with E-state index in [1.807, 2.05) is 13.8 Å². The first-order chi connectivity index (χ1) is 9.02. The third-order valence-electron chi connectivity index (χ3n) is 3.42. The van der Waals surface area contributed by atoms with Gasteiger partial charge in [0.15, 0.2) is 0 Å². The van der Waals surface area contributed by atoms with Crippen LogP contribution < -0.4 is 10.2 Å². The van der Waals surface area contributed by atoms with Crippen LogP contribution >= 0.6 is 15.9 Å². The van der Waals surface area contributed by atoms with Crippen molar-refractivity contribution in [2.45, 2.75) is 38.7 Å². The van der Waals surface area contributed by atoms with Crippen molar-refractivity contribution in [2.75, 3.05) is 29.9 Å². The summed E-state index contributed by atoms with van der Waals surface area (Å²) in [5.41, 5.74) is -0.557. The van der Waals surface area contributed by atoms with Crippen LogP contribution in [0.2, 0.25) is 0 Å². The SMILES string of the molecule is CCNc1ncc(Br)c(N2CCCC(C)(O)CC2)n1. The van der Waals surface area contributed by atoms with Gasteiger partial charge in [0.05, 0.1) is 10.1 Å². The van der Waals surface area contributed by atoms with Gasteiger partial charge in [-0.2, -0.15) is 4.98 Å². The summed E-state index contributed by atoms with van der Waals surface area (Å²) in [6.07, 6.45) is 4.36. The van der Waals surface area contributed by atoms with Gasteiger partial charge in [-0.15, -0.1) is 0 Å². The summed E-state index contributed by atoms with van der Waals surface area (Å²) in [5, 5.41) is 13.3. The van der Waals surface area contributed by atoms with Crippen molar-refractivity contribution in [1.82, 2.24) is 9.97 Å². The van der Waals surface area contributed by atoms with Gasteiger partial charge in [0.25, 0.3) is 0 Å². The van der Waals surface area contributed by atoms with E-state index >= 15 is 0 Å². The highest BCUT2D eigenvalue weighted by molar-refractivity contribution is 9.10. The number of aromatic nitrogens is 2. The van der Waals surface area contributed by atoms with E-state index in [4.69, 9.17) is 0 Å².